The van der Waals surface area contributed by atoms with Crippen LogP contribution in [0.25, 0.3) is 10.4 Å². The third kappa shape index (κ3) is 3.41. The third-order valence-corrected chi connectivity index (χ3v) is 6.68. The van der Waals surface area contributed by atoms with Crippen LogP contribution in [0.3, 0.4) is 0 Å². The van der Waals surface area contributed by atoms with E-state index in [1.54, 1.807) is 35.5 Å². The second kappa shape index (κ2) is 7.67. The summed E-state index contributed by atoms with van der Waals surface area (Å²) in [5, 5.41) is 9.42. The number of halogens is 1. The largest absolute Gasteiger partial charge is 0.383 e. The van der Waals surface area contributed by atoms with Crippen LogP contribution in [-0.4, -0.2) is 23.9 Å². The van der Waals surface area contributed by atoms with Crippen molar-refractivity contribution in [2.45, 2.75) is 19.8 Å². The number of nitrogens with zero attached hydrogens (tertiary/aromatic N) is 3. The fourth-order valence-electron chi connectivity index (χ4n) is 3.69. The number of nitrogens with one attached hydrogen (secondary N) is 3. The Bertz CT molecular complexity index is 1120. The van der Waals surface area contributed by atoms with Gasteiger partial charge in [0.1, 0.15) is 11.6 Å². The topological polar surface area (TPSA) is 90.6 Å². The maximum absolute atomic E-state index is 14.1. The zero-order valence-electron chi connectivity index (χ0n) is 16.5. The number of anilines is 2. The molecule has 5 rings (SSSR count). The number of pyridine rings is 1. The predicted molar refractivity (Wildman–Crippen MR) is 119 cm³/mol. The number of hydrogen-bond donors (Lipinski definition) is 4. The number of aryl methyl sites for hydroxylation is 1. The lowest BCUT2D eigenvalue weighted by molar-refractivity contribution is 0.607. The molecule has 0 saturated heterocycles. The average molecular weight is 424 g/mol. The van der Waals surface area contributed by atoms with E-state index in [-0.39, 0.29) is 5.82 Å². The Hall–Kier alpha value is -3.01. The number of thiophene rings is 1. The van der Waals surface area contributed by atoms with Crippen LogP contribution in [0.1, 0.15) is 21.6 Å². The quantitative estimate of drug-likeness (QED) is 0.518. The summed E-state index contributed by atoms with van der Waals surface area (Å²) in [7, 11) is 0. The van der Waals surface area contributed by atoms with Crippen molar-refractivity contribution >= 4 is 28.7 Å². The van der Waals surface area contributed by atoms with Gasteiger partial charge in [-0.2, -0.15) is 0 Å². The first-order chi connectivity index (χ1) is 14.6. The normalized spacial score (nSPS) is 16.1. The molecule has 0 bridgehead atoms. The first-order valence-electron chi connectivity index (χ1n) is 9.83. The molecule has 0 spiro atoms. The molecular formula is C21H22FN7S. The molecule has 9 heteroatoms. The summed E-state index contributed by atoms with van der Waals surface area (Å²) in [5.74, 6) is 0.616. The number of nitrogens with two attached hydrogens (primary N) is 1. The molecule has 1 aromatic carbocycles. The number of hydrogen-bond acceptors (Lipinski definition) is 8. The second-order valence-electron chi connectivity index (χ2n) is 7.39. The Morgan fingerprint density at radius 2 is 2.03 bits per heavy atom. The summed E-state index contributed by atoms with van der Waals surface area (Å²) in [4.78, 5) is 7.01. The fraction of sp³-hybridized carbons (Fsp3) is 0.238. The number of hydrazone groups is 1. The highest BCUT2D eigenvalue weighted by Crippen LogP contribution is 2.34. The highest BCUT2D eigenvalue weighted by Gasteiger charge is 2.25. The molecule has 2 aromatic heterocycles. The minimum Gasteiger partial charge on any atom is -0.383 e. The Morgan fingerprint density at radius 1 is 1.17 bits per heavy atom. The van der Waals surface area contributed by atoms with E-state index in [4.69, 9.17) is 5.73 Å². The Kier molecular flexibility index (Phi) is 4.86. The lowest BCUT2D eigenvalue weighted by Crippen LogP contribution is -2.41. The Labute approximate surface area is 177 Å². The SMILES string of the molecule is Cc1ccc(N2NNN=C2c2cc(-c3cc4c(s3)CCNCC4)cnc2N)cc1F. The van der Waals surface area contributed by atoms with E-state index in [0.717, 1.165) is 31.5 Å². The molecule has 3 aromatic rings. The smallest absolute Gasteiger partial charge is 0.181 e. The molecular weight excluding hydrogens is 401 g/mol. The van der Waals surface area contributed by atoms with Crippen molar-refractivity contribution in [1.82, 2.24) is 21.4 Å². The number of fused-ring (bicyclic) bond motifs is 1. The van der Waals surface area contributed by atoms with Gasteiger partial charge in [0.2, 0.25) is 0 Å². The van der Waals surface area contributed by atoms with Gasteiger partial charge in [-0.25, -0.2) is 19.9 Å². The van der Waals surface area contributed by atoms with Crippen LogP contribution in [-0.2, 0) is 12.8 Å². The number of amidine groups is 1. The van der Waals surface area contributed by atoms with Gasteiger partial charge in [0.05, 0.1) is 11.3 Å². The number of rotatable bonds is 3. The Morgan fingerprint density at radius 3 is 2.90 bits per heavy atom. The second-order valence-corrected chi connectivity index (χ2v) is 8.53. The highest BCUT2D eigenvalue weighted by molar-refractivity contribution is 7.15. The van der Waals surface area contributed by atoms with Crippen molar-refractivity contribution < 1.29 is 4.39 Å². The molecule has 0 radical (unpaired) electrons. The number of aromatic nitrogens is 1. The molecule has 0 fully saturated rings. The van der Waals surface area contributed by atoms with E-state index in [0.29, 0.717) is 28.5 Å². The van der Waals surface area contributed by atoms with E-state index in [1.165, 1.54) is 21.4 Å². The summed E-state index contributed by atoms with van der Waals surface area (Å²) in [6.07, 6.45) is 3.88. The fourth-order valence-corrected chi connectivity index (χ4v) is 4.88. The lowest BCUT2D eigenvalue weighted by atomic mass is 10.1. The molecule has 7 nitrogen and oxygen atoms in total. The molecule has 2 aliphatic rings. The molecule has 0 unspecified atom stereocenters. The van der Waals surface area contributed by atoms with Gasteiger partial charge < -0.3 is 11.1 Å². The van der Waals surface area contributed by atoms with Gasteiger partial charge in [0.15, 0.2) is 5.84 Å². The van der Waals surface area contributed by atoms with Crippen molar-refractivity contribution in [3.63, 3.8) is 0 Å². The van der Waals surface area contributed by atoms with Crippen LogP contribution in [0.4, 0.5) is 15.9 Å². The highest BCUT2D eigenvalue weighted by atomic mass is 32.1. The summed E-state index contributed by atoms with van der Waals surface area (Å²) in [5.41, 5.74) is 16.1. The van der Waals surface area contributed by atoms with Crippen molar-refractivity contribution in [2.75, 3.05) is 23.8 Å². The van der Waals surface area contributed by atoms with Gasteiger partial charge >= 0.3 is 0 Å². The number of hydrazine groups is 2. The van der Waals surface area contributed by atoms with E-state index < -0.39 is 0 Å². The zero-order chi connectivity index (χ0) is 20.7. The van der Waals surface area contributed by atoms with Gasteiger partial charge in [0, 0.05) is 21.5 Å². The van der Waals surface area contributed by atoms with E-state index in [2.05, 4.69) is 32.5 Å². The summed E-state index contributed by atoms with van der Waals surface area (Å²) in [6.45, 7) is 3.74. The summed E-state index contributed by atoms with van der Waals surface area (Å²) in [6, 6.07) is 9.27. The average Bonchev–Trinajstić information content (AvgIpc) is 3.33. The van der Waals surface area contributed by atoms with Gasteiger partial charge in [-0.1, -0.05) is 6.07 Å². The molecule has 0 atom stereocenters. The lowest BCUT2D eigenvalue weighted by Gasteiger charge is -2.20. The maximum Gasteiger partial charge on any atom is 0.181 e. The summed E-state index contributed by atoms with van der Waals surface area (Å²) >= 11 is 1.80. The van der Waals surface area contributed by atoms with Crippen LogP contribution in [0.5, 0.6) is 0 Å². The van der Waals surface area contributed by atoms with Crippen LogP contribution in [0.2, 0.25) is 0 Å². The predicted octanol–water partition coefficient (Wildman–Crippen LogP) is 2.72. The van der Waals surface area contributed by atoms with Crippen molar-refractivity contribution in [3.8, 4) is 10.4 Å². The van der Waals surface area contributed by atoms with Crippen LogP contribution < -0.4 is 27.1 Å². The number of nitrogen functional groups attached to an aromatic ring is 1. The third-order valence-electron chi connectivity index (χ3n) is 5.39. The van der Waals surface area contributed by atoms with E-state index >= 15 is 0 Å². The van der Waals surface area contributed by atoms with Gasteiger partial charge in [-0.15, -0.1) is 22.0 Å². The Balaban J connectivity index is 1.51. The van der Waals surface area contributed by atoms with E-state index in [1.807, 2.05) is 12.1 Å². The molecule has 4 heterocycles. The standard InChI is InChI=1S/C21H22FN7S/c1-12-2-3-15(10-17(12)22)29-21(26-27-28-29)16-8-14(11-25-20(16)23)19-9-13-4-6-24-7-5-18(13)30-19/h2-3,8-11,24,27-28H,4-7H2,1H3,(H2,23,25). The van der Waals surface area contributed by atoms with Gasteiger partial charge in [0.25, 0.3) is 0 Å². The maximum atomic E-state index is 14.1. The minimum absolute atomic E-state index is 0.282. The van der Waals surface area contributed by atoms with Crippen molar-refractivity contribution in [1.29, 1.82) is 0 Å². The van der Waals surface area contributed by atoms with Crippen molar-refractivity contribution in [3.05, 3.63) is 63.9 Å². The summed E-state index contributed by atoms with van der Waals surface area (Å²) < 4.78 is 14.1. The van der Waals surface area contributed by atoms with Gasteiger partial charge in [-0.3, -0.25) is 0 Å². The molecule has 0 saturated carbocycles. The molecule has 2 aliphatic heterocycles. The minimum atomic E-state index is -0.282. The monoisotopic (exact) mass is 423 g/mol. The first kappa shape index (κ1) is 19.0. The van der Waals surface area contributed by atoms with Gasteiger partial charge in [-0.05, 0) is 68.2 Å². The van der Waals surface area contributed by atoms with Crippen LogP contribution in [0.15, 0.2) is 41.6 Å². The molecule has 5 N–H and O–H groups in total. The number of benzene rings is 1. The first-order valence-corrected chi connectivity index (χ1v) is 10.6. The molecule has 30 heavy (non-hydrogen) atoms. The van der Waals surface area contributed by atoms with E-state index in [9.17, 15) is 4.39 Å². The van der Waals surface area contributed by atoms with Crippen molar-refractivity contribution in [2.24, 2.45) is 5.10 Å². The molecule has 154 valence electrons. The van der Waals surface area contributed by atoms with Crippen LogP contribution >= 0.6 is 11.3 Å². The van der Waals surface area contributed by atoms with Crippen LogP contribution in [0, 0.1) is 12.7 Å². The molecule has 0 amide bonds. The molecule has 0 aliphatic carbocycles. The zero-order valence-corrected chi connectivity index (χ0v) is 17.3.